The van der Waals surface area contributed by atoms with Gasteiger partial charge in [0.2, 0.25) is 0 Å². The van der Waals surface area contributed by atoms with Gasteiger partial charge in [-0.25, -0.2) is 4.79 Å². The van der Waals surface area contributed by atoms with Gasteiger partial charge in [0.25, 0.3) is 0 Å². The molecule has 0 aliphatic rings. The summed E-state index contributed by atoms with van der Waals surface area (Å²) in [7, 11) is 0. The molecular weight excluding hydrogens is 108 g/mol. The molecule has 0 aliphatic carbocycles. The van der Waals surface area contributed by atoms with Crippen LogP contribution in [0.1, 0.15) is 0 Å². The molecule has 4 nitrogen and oxygen atoms in total. The minimum absolute atomic E-state index is 0.118. The van der Waals surface area contributed by atoms with E-state index >= 15 is 0 Å². The van der Waals surface area contributed by atoms with Gasteiger partial charge in [-0.2, -0.15) is 5.10 Å². The number of carbonyl (C=O) groups is 1. The maximum Gasteiger partial charge on any atom is 0.336 e. The lowest BCUT2D eigenvalue weighted by Gasteiger charge is -1.83. The fourth-order valence-electron chi connectivity index (χ4n) is 0.145. The first kappa shape index (κ1) is 6.68. The van der Waals surface area contributed by atoms with Crippen LogP contribution in [0.5, 0.6) is 0 Å². The monoisotopic (exact) mass is 114 g/mol. The van der Waals surface area contributed by atoms with Crippen molar-refractivity contribution in [2.24, 2.45) is 10.9 Å². The summed E-state index contributed by atoms with van der Waals surface area (Å²) in [4.78, 5) is 9.84. The Balaban J connectivity index is 3.85. The molecule has 0 saturated heterocycles. The van der Waals surface area contributed by atoms with Gasteiger partial charge in [0.15, 0.2) is 0 Å². The van der Waals surface area contributed by atoms with Gasteiger partial charge in [0.05, 0.1) is 11.8 Å². The highest BCUT2D eigenvalue weighted by Gasteiger charge is 1.96. The van der Waals surface area contributed by atoms with Crippen molar-refractivity contribution >= 4 is 12.2 Å². The third-order valence-corrected chi connectivity index (χ3v) is 0.505. The zero-order chi connectivity index (χ0) is 6.57. The van der Waals surface area contributed by atoms with Gasteiger partial charge in [-0.15, -0.1) is 0 Å². The molecule has 44 valence electrons. The molecule has 0 aromatic heterocycles. The Morgan fingerprint density at radius 2 is 2.38 bits per heavy atom. The normalized spacial score (nSPS) is 9.50. The van der Waals surface area contributed by atoms with Crippen LogP contribution in [0.25, 0.3) is 0 Å². The second kappa shape index (κ2) is 2.79. The van der Waals surface area contributed by atoms with Gasteiger partial charge >= 0.3 is 5.97 Å². The Hall–Kier alpha value is -1.32. The second-order valence-electron chi connectivity index (χ2n) is 1.11. The van der Waals surface area contributed by atoms with Gasteiger partial charge < -0.3 is 10.9 Å². The van der Waals surface area contributed by atoms with E-state index in [2.05, 4.69) is 17.5 Å². The van der Waals surface area contributed by atoms with Crippen molar-refractivity contribution in [1.82, 2.24) is 0 Å². The molecule has 0 heterocycles. The molecule has 0 amide bonds. The molecule has 0 saturated carbocycles. The predicted molar refractivity (Wildman–Crippen MR) is 29.5 cm³/mol. The van der Waals surface area contributed by atoms with E-state index in [1.165, 1.54) is 0 Å². The first-order valence-corrected chi connectivity index (χ1v) is 1.84. The summed E-state index contributed by atoms with van der Waals surface area (Å²) in [6, 6.07) is 0. The summed E-state index contributed by atoms with van der Waals surface area (Å²) in [6.45, 7) is 3.12. The number of hydrogen-bond acceptors (Lipinski definition) is 3. The highest BCUT2D eigenvalue weighted by atomic mass is 16.4. The van der Waals surface area contributed by atoms with Crippen LogP contribution in [0.3, 0.4) is 0 Å². The number of nitrogens with zero attached hydrogens (tertiary/aromatic N) is 1. The van der Waals surface area contributed by atoms with E-state index in [0.717, 1.165) is 6.21 Å². The van der Waals surface area contributed by atoms with Crippen molar-refractivity contribution in [3.8, 4) is 0 Å². The summed E-state index contributed by atoms with van der Waals surface area (Å²) < 4.78 is 0. The van der Waals surface area contributed by atoms with Crippen LogP contribution < -0.4 is 5.84 Å². The van der Waals surface area contributed by atoms with Crippen LogP contribution in [-0.2, 0) is 4.79 Å². The predicted octanol–water partition coefficient (Wildman–Crippen LogP) is -0.428. The zero-order valence-corrected chi connectivity index (χ0v) is 4.16. The molecule has 0 spiro atoms. The van der Waals surface area contributed by atoms with E-state index in [-0.39, 0.29) is 5.57 Å². The van der Waals surface area contributed by atoms with E-state index in [9.17, 15) is 4.79 Å². The van der Waals surface area contributed by atoms with E-state index in [1.807, 2.05) is 0 Å². The fourth-order valence-corrected chi connectivity index (χ4v) is 0.145. The largest absolute Gasteiger partial charge is 0.478 e. The van der Waals surface area contributed by atoms with E-state index in [4.69, 9.17) is 5.11 Å². The summed E-state index contributed by atoms with van der Waals surface area (Å²) in [6.07, 6.45) is 0.975. The van der Waals surface area contributed by atoms with Crippen molar-refractivity contribution in [3.63, 3.8) is 0 Å². The number of nitrogens with two attached hydrogens (primary N) is 1. The molecule has 3 N–H and O–H groups in total. The molecule has 0 aliphatic heterocycles. The Labute approximate surface area is 46.3 Å². The highest BCUT2D eigenvalue weighted by molar-refractivity contribution is 6.07. The lowest BCUT2D eigenvalue weighted by molar-refractivity contribution is -0.131. The third-order valence-electron chi connectivity index (χ3n) is 0.505. The smallest absolute Gasteiger partial charge is 0.336 e. The van der Waals surface area contributed by atoms with Gasteiger partial charge in [0.1, 0.15) is 0 Å². The lowest BCUT2D eigenvalue weighted by atomic mass is 10.3. The Morgan fingerprint density at radius 1 is 1.88 bits per heavy atom. The molecule has 0 atom stereocenters. The minimum atomic E-state index is -1.11. The summed E-state index contributed by atoms with van der Waals surface area (Å²) in [5, 5.41) is 11.0. The van der Waals surface area contributed by atoms with Crippen molar-refractivity contribution in [2.45, 2.75) is 0 Å². The van der Waals surface area contributed by atoms with Gasteiger partial charge in [-0.1, -0.05) is 6.58 Å². The summed E-state index contributed by atoms with van der Waals surface area (Å²) >= 11 is 0. The fraction of sp³-hybridized carbons (Fsp3) is 0. The Morgan fingerprint density at radius 3 is 2.50 bits per heavy atom. The molecule has 0 radical (unpaired) electrons. The number of hydrogen-bond donors (Lipinski definition) is 2. The average Bonchev–Trinajstić information content (AvgIpc) is 1.67. The number of carboxylic acid groups (broad SMARTS) is 1. The van der Waals surface area contributed by atoms with Crippen LogP contribution in [0.4, 0.5) is 0 Å². The Kier molecular flexibility index (Phi) is 2.33. The van der Waals surface area contributed by atoms with Crippen molar-refractivity contribution in [1.29, 1.82) is 0 Å². The molecule has 0 rings (SSSR count). The third kappa shape index (κ3) is 1.96. The van der Waals surface area contributed by atoms with E-state index < -0.39 is 5.97 Å². The van der Waals surface area contributed by atoms with Crippen molar-refractivity contribution < 1.29 is 9.90 Å². The van der Waals surface area contributed by atoms with Crippen LogP contribution in [0, 0.1) is 0 Å². The van der Waals surface area contributed by atoms with Crippen LogP contribution >= 0.6 is 0 Å². The zero-order valence-electron chi connectivity index (χ0n) is 4.16. The number of aliphatic carboxylic acids is 1. The van der Waals surface area contributed by atoms with Crippen LogP contribution in [0.15, 0.2) is 17.3 Å². The standard InChI is InChI=1S/C4H6N2O2/c1-3(2-6-5)4(7)8/h2H,1,5H2,(H,7,8). The minimum Gasteiger partial charge on any atom is -0.478 e. The summed E-state index contributed by atoms with van der Waals surface area (Å²) in [5.41, 5.74) is -0.118. The molecule has 0 aromatic rings. The molecule has 8 heavy (non-hydrogen) atoms. The van der Waals surface area contributed by atoms with E-state index in [1.54, 1.807) is 0 Å². The molecule has 0 bridgehead atoms. The highest BCUT2D eigenvalue weighted by Crippen LogP contribution is 1.80. The molecule has 0 unspecified atom stereocenters. The van der Waals surface area contributed by atoms with Gasteiger partial charge in [-0.05, 0) is 0 Å². The van der Waals surface area contributed by atoms with Crippen molar-refractivity contribution in [2.75, 3.05) is 0 Å². The van der Waals surface area contributed by atoms with Crippen molar-refractivity contribution in [3.05, 3.63) is 12.2 Å². The number of hydrazone groups is 1. The van der Waals surface area contributed by atoms with Gasteiger partial charge in [0, 0.05) is 0 Å². The maximum atomic E-state index is 9.84. The van der Waals surface area contributed by atoms with Crippen LogP contribution in [-0.4, -0.2) is 17.3 Å². The number of carboxylic acids is 1. The molecule has 4 heteroatoms. The molecule has 0 aromatic carbocycles. The van der Waals surface area contributed by atoms with Crippen LogP contribution in [0.2, 0.25) is 0 Å². The summed E-state index contributed by atoms with van der Waals surface area (Å²) in [5.74, 6) is 3.50. The quantitative estimate of drug-likeness (QED) is 0.221. The average molecular weight is 114 g/mol. The van der Waals surface area contributed by atoms with E-state index in [0.29, 0.717) is 0 Å². The molecule has 0 fully saturated rings. The first-order valence-electron chi connectivity index (χ1n) is 1.84. The number of rotatable bonds is 2. The molecular formula is C4H6N2O2. The van der Waals surface area contributed by atoms with Gasteiger partial charge in [-0.3, -0.25) is 0 Å². The first-order chi connectivity index (χ1) is 3.68. The topological polar surface area (TPSA) is 75.7 Å². The lowest BCUT2D eigenvalue weighted by Crippen LogP contribution is -2.00. The Bertz CT molecular complexity index is 139. The SMILES string of the molecule is C=C(C=NN)C(=O)O. The maximum absolute atomic E-state index is 9.84. The second-order valence-corrected chi connectivity index (χ2v) is 1.11.